The first-order valence-electron chi connectivity index (χ1n) is 7.87. The molecule has 0 aliphatic carbocycles. The van der Waals surface area contributed by atoms with Crippen molar-refractivity contribution in [2.75, 3.05) is 39.1 Å². The molecule has 6 heteroatoms. The standard InChI is InChI=1S/C17H26N2O3.ClH/c1-13-4-5-14(18)12-16(13)17(20)19-8-6-15(7-9-19)22-11-3-10-21-2;/h4-5,12,15H,3,6-11,18H2,1-2H3;1H. The molecule has 1 aliphatic rings. The lowest BCUT2D eigenvalue weighted by Gasteiger charge is -2.32. The molecule has 1 fully saturated rings. The predicted molar refractivity (Wildman–Crippen MR) is 94.2 cm³/mol. The molecule has 0 radical (unpaired) electrons. The Balaban J connectivity index is 0.00000264. The summed E-state index contributed by atoms with van der Waals surface area (Å²) >= 11 is 0. The Hall–Kier alpha value is -1.30. The Morgan fingerprint density at radius 1 is 1.30 bits per heavy atom. The number of carbonyl (C=O) groups excluding carboxylic acids is 1. The van der Waals surface area contributed by atoms with E-state index in [4.69, 9.17) is 15.2 Å². The van der Waals surface area contributed by atoms with Gasteiger partial charge in [-0.05, 0) is 43.9 Å². The maximum atomic E-state index is 12.6. The van der Waals surface area contributed by atoms with Gasteiger partial charge in [0.15, 0.2) is 0 Å². The Morgan fingerprint density at radius 2 is 2.00 bits per heavy atom. The summed E-state index contributed by atoms with van der Waals surface area (Å²) in [5.41, 5.74) is 8.10. The fraction of sp³-hybridized carbons (Fsp3) is 0.588. The summed E-state index contributed by atoms with van der Waals surface area (Å²) in [5, 5.41) is 0. The minimum atomic E-state index is 0. The van der Waals surface area contributed by atoms with Crippen LogP contribution in [0.25, 0.3) is 0 Å². The van der Waals surface area contributed by atoms with E-state index in [1.54, 1.807) is 13.2 Å². The second kappa shape index (κ2) is 9.75. The van der Waals surface area contributed by atoms with E-state index in [0.717, 1.165) is 51.1 Å². The summed E-state index contributed by atoms with van der Waals surface area (Å²) in [6.07, 6.45) is 2.95. The molecule has 130 valence electrons. The Morgan fingerprint density at radius 3 is 2.65 bits per heavy atom. The SMILES string of the molecule is COCCCOC1CCN(C(=O)c2cc(N)ccc2C)CC1.Cl. The number of methoxy groups -OCH3 is 1. The minimum Gasteiger partial charge on any atom is -0.399 e. The van der Waals surface area contributed by atoms with Crippen molar-refractivity contribution in [1.82, 2.24) is 4.90 Å². The lowest BCUT2D eigenvalue weighted by Crippen LogP contribution is -2.41. The highest BCUT2D eigenvalue weighted by molar-refractivity contribution is 5.96. The van der Waals surface area contributed by atoms with Gasteiger partial charge in [-0.2, -0.15) is 0 Å². The number of aryl methyl sites for hydroxylation is 1. The van der Waals surface area contributed by atoms with Crippen LogP contribution in [0.3, 0.4) is 0 Å². The van der Waals surface area contributed by atoms with Crippen molar-refractivity contribution in [2.24, 2.45) is 0 Å². The normalized spacial score (nSPS) is 15.3. The molecule has 1 aromatic carbocycles. The number of nitrogens with zero attached hydrogens (tertiary/aromatic N) is 1. The summed E-state index contributed by atoms with van der Waals surface area (Å²) in [6, 6.07) is 5.49. The number of hydrogen-bond acceptors (Lipinski definition) is 4. The van der Waals surface area contributed by atoms with E-state index in [1.807, 2.05) is 24.0 Å². The van der Waals surface area contributed by atoms with E-state index in [0.29, 0.717) is 11.3 Å². The molecular weight excluding hydrogens is 316 g/mol. The second-order valence-electron chi connectivity index (χ2n) is 5.78. The number of benzene rings is 1. The van der Waals surface area contributed by atoms with Crippen molar-refractivity contribution in [2.45, 2.75) is 32.3 Å². The van der Waals surface area contributed by atoms with Gasteiger partial charge < -0.3 is 20.1 Å². The first-order valence-corrected chi connectivity index (χ1v) is 7.87. The third kappa shape index (κ3) is 5.68. The average Bonchev–Trinajstić information content (AvgIpc) is 2.54. The molecule has 1 heterocycles. The number of amides is 1. The van der Waals surface area contributed by atoms with Crippen LogP contribution in [0.2, 0.25) is 0 Å². The number of nitrogen functional groups attached to an aromatic ring is 1. The van der Waals surface area contributed by atoms with E-state index < -0.39 is 0 Å². The highest BCUT2D eigenvalue weighted by Crippen LogP contribution is 2.19. The fourth-order valence-electron chi connectivity index (χ4n) is 2.72. The number of likely N-dealkylation sites (tertiary alicyclic amines) is 1. The topological polar surface area (TPSA) is 64.8 Å². The average molecular weight is 343 g/mol. The van der Waals surface area contributed by atoms with Gasteiger partial charge in [0, 0.05) is 44.7 Å². The minimum absolute atomic E-state index is 0. The number of piperidine rings is 1. The highest BCUT2D eigenvalue weighted by Gasteiger charge is 2.24. The first-order chi connectivity index (χ1) is 10.6. The van der Waals surface area contributed by atoms with Crippen LogP contribution in [0.4, 0.5) is 5.69 Å². The Kier molecular flexibility index (Phi) is 8.37. The van der Waals surface area contributed by atoms with Crippen molar-refractivity contribution >= 4 is 24.0 Å². The van der Waals surface area contributed by atoms with Crippen LogP contribution in [-0.2, 0) is 9.47 Å². The second-order valence-corrected chi connectivity index (χ2v) is 5.78. The zero-order chi connectivity index (χ0) is 15.9. The zero-order valence-corrected chi connectivity index (χ0v) is 14.7. The van der Waals surface area contributed by atoms with E-state index in [-0.39, 0.29) is 24.4 Å². The molecule has 1 aromatic rings. The van der Waals surface area contributed by atoms with E-state index in [9.17, 15) is 4.79 Å². The van der Waals surface area contributed by atoms with Crippen molar-refractivity contribution in [3.63, 3.8) is 0 Å². The molecule has 2 N–H and O–H groups in total. The van der Waals surface area contributed by atoms with Crippen LogP contribution in [0.15, 0.2) is 18.2 Å². The molecule has 0 unspecified atom stereocenters. The van der Waals surface area contributed by atoms with Gasteiger partial charge in [-0.15, -0.1) is 12.4 Å². The van der Waals surface area contributed by atoms with E-state index in [2.05, 4.69) is 0 Å². The number of anilines is 1. The number of rotatable bonds is 6. The number of nitrogens with two attached hydrogens (primary N) is 1. The van der Waals surface area contributed by atoms with Gasteiger partial charge >= 0.3 is 0 Å². The van der Waals surface area contributed by atoms with Gasteiger partial charge in [0.2, 0.25) is 0 Å². The Bertz CT molecular complexity index is 503. The van der Waals surface area contributed by atoms with Gasteiger partial charge in [-0.3, -0.25) is 4.79 Å². The van der Waals surface area contributed by atoms with Crippen LogP contribution in [0.5, 0.6) is 0 Å². The van der Waals surface area contributed by atoms with Crippen LogP contribution < -0.4 is 5.73 Å². The molecule has 0 aromatic heterocycles. The van der Waals surface area contributed by atoms with Gasteiger partial charge in [-0.25, -0.2) is 0 Å². The van der Waals surface area contributed by atoms with Crippen molar-refractivity contribution in [3.8, 4) is 0 Å². The molecule has 5 nitrogen and oxygen atoms in total. The maximum absolute atomic E-state index is 12.6. The molecule has 0 saturated carbocycles. The summed E-state index contributed by atoms with van der Waals surface area (Å²) in [7, 11) is 1.70. The molecule has 0 spiro atoms. The molecule has 0 atom stereocenters. The summed E-state index contributed by atoms with van der Waals surface area (Å²) in [4.78, 5) is 14.5. The third-order valence-electron chi connectivity index (χ3n) is 4.07. The van der Waals surface area contributed by atoms with Gasteiger partial charge in [-0.1, -0.05) is 6.07 Å². The summed E-state index contributed by atoms with van der Waals surface area (Å²) in [5.74, 6) is 0.0719. The van der Waals surface area contributed by atoms with Crippen LogP contribution in [-0.4, -0.2) is 50.3 Å². The predicted octanol–water partition coefficient (Wildman–Crippen LogP) is 2.66. The lowest BCUT2D eigenvalue weighted by molar-refractivity contribution is 0.00188. The van der Waals surface area contributed by atoms with Crippen molar-refractivity contribution < 1.29 is 14.3 Å². The van der Waals surface area contributed by atoms with Gasteiger partial charge in [0.25, 0.3) is 5.91 Å². The monoisotopic (exact) mass is 342 g/mol. The molecule has 2 rings (SSSR count). The van der Waals surface area contributed by atoms with Crippen molar-refractivity contribution in [1.29, 1.82) is 0 Å². The Labute approximate surface area is 144 Å². The smallest absolute Gasteiger partial charge is 0.254 e. The van der Waals surface area contributed by atoms with Gasteiger partial charge in [0.1, 0.15) is 0 Å². The fourth-order valence-corrected chi connectivity index (χ4v) is 2.72. The number of hydrogen-bond donors (Lipinski definition) is 1. The zero-order valence-electron chi connectivity index (χ0n) is 13.9. The van der Waals surface area contributed by atoms with Gasteiger partial charge in [0.05, 0.1) is 6.10 Å². The molecule has 1 amide bonds. The molecule has 23 heavy (non-hydrogen) atoms. The van der Waals surface area contributed by atoms with Crippen LogP contribution in [0.1, 0.15) is 35.2 Å². The summed E-state index contributed by atoms with van der Waals surface area (Å²) in [6.45, 7) is 4.87. The molecular formula is C17H27ClN2O3. The maximum Gasteiger partial charge on any atom is 0.254 e. The number of ether oxygens (including phenoxy) is 2. The van der Waals surface area contributed by atoms with Crippen LogP contribution in [0, 0.1) is 6.92 Å². The quantitative estimate of drug-likeness (QED) is 0.637. The largest absolute Gasteiger partial charge is 0.399 e. The van der Waals surface area contributed by atoms with E-state index in [1.165, 1.54) is 0 Å². The lowest BCUT2D eigenvalue weighted by atomic mass is 10.0. The first kappa shape index (κ1) is 19.7. The number of carbonyl (C=O) groups is 1. The summed E-state index contributed by atoms with van der Waals surface area (Å²) < 4.78 is 10.8. The van der Waals surface area contributed by atoms with E-state index >= 15 is 0 Å². The van der Waals surface area contributed by atoms with Crippen LogP contribution >= 0.6 is 12.4 Å². The molecule has 0 bridgehead atoms. The molecule has 1 aliphatic heterocycles. The highest BCUT2D eigenvalue weighted by atomic mass is 35.5. The molecule has 1 saturated heterocycles. The van der Waals surface area contributed by atoms with Crippen molar-refractivity contribution in [3.05, 3.63) is 29.3 Å². The number of halogens is 1. The third-order valence-corrected chi connectivity index (χ3v) is 4.07.